The number of nitrogens with two attached hydrogens (primary N) is 1. The van der Waals surface area contributed by atoms with E-state index in [0.29, 0.717) is 0 Å². The summed E-state index contributed by atoms with van der Waals surface area (Å²) in [4.78, 5) is 4.14. The first kappa shape index (κ1) is 11.6. The van der Waals surface area contributed by atoms with Gasteiger partial charge in [-0.3, -0.25) is 0 Å². The van der Waals surface area contributed by atoms with E-state index in [0.717, 1.165) is 31.7 Å². The van der Waals surface area contributed by atoms with Gasteiger partial charge >= 0.3 is 0 Å². The van der Waals surface area contributed by atoms with Crippen molar-refractivity contribution in [2.24, 2.45) is 5.73 Å². The van der Waals surface area contributed by atoms with Gasteiger partial charge in [-0.25, -0.2) is 4.98 Å². The van der Waals surface area contributed by atoms with E-state index in [1.165, 1.54) is 0 Å². The maximum absolute atomic E-state index is 9.12. The fourth-order valence-corrected chi connectivity index (χ4v) is 2.18. The van der Waals surface area contributed by atoms with Crippen LogP contribution >= 0.6 is 0 Å². The number of aromatic nitrogens is 2. The van der Waals surface area contributed by atoms with Crippen LogP contribution in [-0.4, -0.2) is 34.5 Å². The van der Waals surface area contributed by atoms with Gasteiger partial charge < -0.3 is 20.1 Å². The lowest BCUT2D eigenvalue weighted by atomic mass is 9.91. The molecule has 2 rings (SSSR count). The summed E-state index contributed by atoms with van der Waals surface area (Å²) in [5, 5.41) is 9.12. The Morgan fingerprint density at radius 1 is 1.62 bits per heavy atom. The van der Waals surface area contributed by atoms with Crippen LogP contribution in [-0.2, 0) is 10.3 Å². The highest BCUT2D eigenvalue weighted by atomic mass is 16.5. The maximum Gasteiger partial charge on any atom is 0.0953 e. The van der Waals surface area contributed by atoms with Crippen molar-refractivity contribution in [2.75, 3.05) is 19.8 Å². The molecule has 1 aromatic rings. The van der Waals surface area contributed by atoms with Crippen LogP contribution in [0.25, 0.3) is 0 Å². The van der Waals surface area contributed by atoms with E-state index >= 15 is 0 Å². The summed E-state index contributed by atoms with van der Waals surface area (Å²) >= 11 is 0. The second kappa shape index (κ2) is 4.53. The van der Waals surface area contributed by atoms with Crippen molar-refractivity contribution in [1.82, 2.24) is 9.55 Å². The Balaban J connectivity index is 2.28. The number of aliphatic hydroxyl groups is 1. The van der Waals surface area contributed by atoms with Crippen LogP contribution in [0.1, 0.15) is 31.5 Å². The largest absolute Gasteiger partial charge is 0.394 e. The molecule has 5 heteroatoms. The molecule has 1 aliphatic rings. The third-order valence-electron chi connectivity index (χ3n) is 3.40. The first-order valence-corrected chi connectivity index (χ1v) is 5.64. The first-order valence-electron chi connectivity index (χ1n) is 5.64. The molecule has 0 amide bonds. The lowest BCUT2D eigenvalue weighted by molar-refractivity contribution is 0.0276. The average molecular weight is 225 g/mol. The molecule has 1 saturated heterocycles. The van der Waals surface area contributed by atoms with Gasteiger partial charge in [0.25, 0.3) is 0 Å². The van der Waals surface area contributed by atoms with Crippen molar-refractivity contribution in [1.29, 1.82) is 0 Å². The Bertz CT molecular complexity index is 345. The van der Waals surface area contributed by atoms with Gasteiger partial charge in [0, 0.05) is 24.9 Å². The van der Waals surface area contributed by atoms with Crippen LogP contribution in [0, 0.1) is 0 Å². The molecule has 1 aliphatic heterocycles. The second-order valence-corrected chi connectivity index (χ2v) is 4.59. The molecule has 0 aliphatic carbocycles. The summed E-state index contributed by atoms with van der Waals surface area (Å²) in [6.45, 7) is 3.66. The molecule has 3 N–H and O–H groups in total. The Labute approximate surface area is 95.2 Å². The van der Waals surface area contributed by atoms with Gasteiger partial charge in [0.05, 0.1) is 24.7 Å². The molecular formula is C11H19N3O2. The van der Waals surface area contributed by atoms with E-state index in [2.05, 4.69) is 16.5 Å². The Morgan fingerprint density at radius 3 is 2.94 bits per heavy atom. The van der Waals surface area contributed by atoms with Crippen LogP contribution in [0.15, 0.2) is 12.5 Å². The third-order valence-corrected chi connectivity index (χ3v) is 3.40. The standard InChI is InChI=1S/C11H19N3O2/c1-11(2-4-16-5-3-11)14-8-13-6-10(14)9(12)7-15/h6,8-9,15H,2-5,7,12H2,1H3. The number of hydrogen-bond acceptors (Lipinski definition) is 4. The van der Waals surface area contributed by atoms with Crippen molar-refractivity contribution >= 4 is 0 Å². The van der Waals surface area contributed by atoms with E-state index in [1.54, 1.807) is 12.5 Å². The number of rotatable bonds is 3. The fraction of sp³-hybridized carbons (Fsp3) is 0.727. The lowest BCUT2D eigenvalue weighted by Gasteiger charge is -2.36. The molecule has 16 heavy (non-hydrogen) atoms. The van der Waals surface area contributed by atoms with E-state index in [9.17, 15) is 0 Å². The molecular weight excluding hydrogens is 206 g/mol. The van der Waals surface area contributed by atoms with Gasteiger partial charge in [-0.2, -0.15) is 0 Å². The minimum atomic E-state index is -0.359. The molecule has 2 heterocycles. The molecule has 0 spiro atoms. The van der Waals surface area contributed by atoms with Crippen molar-refractivity contribution in [3.05, 3.63) is 18.2 Å². The predicted octanol–water partition coefficient (Wildman–Crippen LogP) is 0.401. The van der Waals surface area contributed by atoms with Crippen LogP contribution in [0.5, 0.6) is 0 Å². The molecule has 0 aromatic carbocycles. The summed E-state index contributed by atoms with van der Waals surface area (Å²) in [6.07, 6.45) is 5.45. The summed E-state index contributed by atoms with van der Waals surface area (Å²) in [6, 6.07) is -0.359. The second-order valence-electron chi connectivity index (χ2n) is 4.59. The minimum absolute atomic E-state index is 0.0108. The van der Waals surface area contributed by atoms with Crippen LogP contribution < -0.4 is 5.73 Å². The summed E-state index contributed by atoms with van der Waals surface area (Å²) < 4.78 is 7.47. The Morgan fingerprint density at radius 2 is 2.31 bits per heavy atom. The molecule has 5 nitrogen and oxygen atoms in total. The zero-order valence-electron chi connectivity index (χ0n) is 9.59. The highest BCUT2D eigenvalue weighted by Crippen LogP contribution is 2.31. The molecule has 0 saturated carbocycles. The molecule has 0 bridgehead atoms. The SMILES string of the molecule is CC1(n2cncc2C(N)CO)CCOCC1. The van der Waals surface area contributed by atoms with Crippen molar-refractivity contribution in [2.45, 2.75) is 31.3 Å². The molecule has 1 fully saturated rings. The summed E-state index contributed by atoms with van der Waals surface area (Å²) in [7, 11) is 0. The van der Waals surface area contributed by atoms with Crippen LogP contribution in [0.4, 0.5) is 0 Å². The van der Waals surface area contributed by atoms with Gasteiger partial charge in [-0.05, 0) is 19.8 Å². The van der Waals surface area contributed by atoms with Gasteiger partial charge in [0.2, 0.25) is 0 Å². The van der Waals surface area contributed by atoms with Gasteiger partial charge in [0.15, 0.2) is 0 Å². The molecule has 90 valence electrons. The quantitative estimate of drug-likeness (QED) is 0.781. The number of ether oxygens (including phenoxy) is 1. The average Bonchev–Trinajstić information content (AvgIpc) is 2.78. The molecule has 1 aromatic heterocycles. The van der Waals surface area contributed by atoms with Crippen LogP contribution in [0.3, 0.4) is 0 Å². The van der Waals surface area contributed by atoms with Crippen molar-refractivity contribution in [3.8, 4) is 0 Å². The molecule has 1 atom stereocenters. The number of imidazole rings is 1. The smallest absolute Gasteiger partial charge is 0.0953 e. The Kier molecular flexibility index (Phi) is 3.28. The first-order chi connectivity index (χ1) is 7.67. The highest BCUT2D eigenvalue weighted by molar-refractivity contribution is 5.09. The number of aliphatic hydroxyl groups excluding tert-OH is 1. The normalized spacial score (nSPS) is 21.9. The lowest BCUT2D eigenvalue weighted by Crippen LogP contribution is -2.38. The number of nitrogens with zero attached hydrogens (tertiary/aromatic N) is 2. The highest BCUT2D eigenvalue weighted by Gasteiger charge is 2.31. The van der Waals surface area contributed by atoms with Crippen molar-refractivity contribution in [3.63, 3.8) is 0 Å². The van der Waals surface area contributed by atoms with Crippen LogP contribution in [0.2, 0.25) is 0 Å². The zero-order valence-corrected chi connectivity index (χ0v) is 9.59. The molecule has 0 radical (unpaired) electrons. The maximum atomic E-state index is 9.12. The van der Waals surface area contributed by atoms with Gasteiger partial charge in [0.1, 0.15) is 0 Å². The van der Waals surface area contributed by atoms with E-state index in [-0.39, 0.29) is 18.2 Å². The van der Waals surface area contributed by atoms with Gasteiger partial charge in [-0.15, -0.1) is 0 Å². The fourth-order valence-electron chi connectivity index (χ4n) is 2.18. The monoisotopic (exact) mass is 225 g/mol. The van der Waals surface area contributed by atoms with E-state index in [4.69, 9.17) is 15.6 Å². The summed E-state index contributed by atoms with van der Waals surface area (Å²) in [5.41, 5.74) is 6.77. The van der Waals surface area contributed by atoms with E-state index < -0.39 is 0 Å². The minimum Gasteiger partial charge on any atom is -0.394 e. The molecule has 1 unspecified atom stereocenters. The summed E-state index contributed by atoms with van der Waals surface area (Å²) in [5.74, 6) is 0. The predicted molar refractivity (Wildman–Crippen MR) is 59.9 cm³/mol. The van der Waals surface area contributed by atoms with Gasteiger partial charge in [-0.1, -0.05) is 0 Å². The van der Waals surface area contributed by atoms with Crippen molar-refractivity contribution < 1.29 is 9.84 Å². The van der Waals surface area contributed by atoms with E-state index in [1.807, 2.05) is 0 Å². The number of hydrogen-bond donors (Lipinski definition) is 2. The zero-order chi connectivity index (χ0) is 11.6. The topological polar surface area (TPSA) is 73.3 Å². The Hall–Kier alpha value is -0.910. The third kappa shape index (κ3) is 1.98.